The van der Waals surface area contributed by atoms with E-state index < -0.39 is 0 Å². The summed E-state index contributed by atoms with van der Waals surface area (Å²) >= 11 is 1.69. The van der Waals surface area contributed by atoms with Crippen LogP contribution in [0.5, 0.6) is 0 Å². The van der Waals surface area contributed by atoms with Gasteiger partial charge in [-0.15, -0.1) is 0 Å². The van der Waals surface area contributed by atoms with Crippen molar-refractivity contribution in [3.8, 4) is 0 Å². The van der Waals surface area contributed by atoms with Crippen molar-refractivity contribution < 1.29 is 4.79 Å². The second-order valence-electron chi connectivity index (χ2n) is 4.94. The molecule has 96 valence electrons. The van der Waals surface area contributed by atoms with Gasteiger partial charge in [-0.05, 0) is 42.4 Å². The molecular weight excluding hydrogens is 232 g/mol. The van der Waals surface area contributed by atoms with Crippen molar-refractivity contribution in [1.29, 1.82) is 0 Å². The van der Waals surface area contributed by atoms with Crippen LogP contribution < -0.4 is 5.32 Å². The van der Waals surface area contributed by atoms with Crippen molar-refractivity contribution >= 4 is 17.2 Å². The summed E-state index contributed by atoms with van der Waals surface area (Å²) in [7, 11) is 4.08. The zero-order chi connectivity index (χ0) is 12.8. The summed E-state index contributed by atoms with van der Waals surface area (Å²) < 4.78 is 0. The largest absolute Gasteiger partial charge is 0.354 e. The van der Waals surface area contributed by atoms with Crippen LogP contribution in [0.15, 0.2) is 16.8 Å². The lowest BCUT2D eigenvalue weighted by Crippen LogP contribution is -2.34. The Labute approximate surface area is 108 Å². The van der Waals surface area contributed by atoms with E-state index >= 15 is 0 Å². The summed E-state index contributed by atoms with van der Waals surface area (Å²) in [5, 5.41) is 7.22. The van der Waals surface area contributed by atoms with Crippen LogP contribution in [-0.2, 0) is 4.79 Å². The minimum atomic E-state index is 0.141. The molecule has 0 saturated heterocycles. The summed E-state index contributed by atoms with van der Waals surface area (Å²) in [6.07, 6.45) is 0.601. The van der Waals surface area contributed by atoms with Crippen molar-refractivity contribution in [2.45, 2.75) is 26.3 Å². The molecule has 0 aliphatic rings. The molecular formula is C13H22N2OS. The molecule has 0 aromatic carbocycles. The summed E-state index contributed by atoms with van der Waals surface area (Å²) in [6, 6.07) is 2.38. The van der Waals surface area contributed by atoms with E-state index in [0.29, 0.717) is 18.9 Å². The van der Waals surface area contributed by atoms with E-state index in [2.05, 4.69) is 40.9 Å². The van der Waals surface area contributed by atoms with E-state index in [9.17, 15) is 4.79 Å². The highest BCUT2D eigenvalue weighted by Gasteiger charge is 2.15. The first kappa shape index (κ1) is 14.2. The molecule has 0 fully saturated rings. The Morgan fingerprint density at radius 3 is 2.65 bits per heavy atom. The van der Waals surface area contributed by atoms with Crippen molar-refractivity contribution in [3.63, 3.8) is 0 Å². The molecule has 0 aliphatic carbocycles. The molecule has 1 aromatic heterocycles. The number of nitrogens with zero attached hydrogens (tertiary/aromatic N) is 1. The molecule has 1 heterocycles. The van der Waals surface area contributed by atoms with E-state index in [0.717, 1.165) is 0 Å². The van der Waals surface area contributed by atoms with Gasteiger partial charge in [-0.2, -0.15) is 11.3 Å². The Bertz CT molecular complexity index is 333. The third-order valence-corrected chi connectivity index (χ3v) is 3.34. The van der Waals surface area contributed by atoms with Gasteiger partial charge in [0, 0.05) is 13.0 Å². The van der Waals surface area contributed by atoms with Gasteiger partial charge in [-0.25, -0.2) is 0 Å². The average Bonchev–Trinajstić information content (AvgIpc) is 2.69. The van der Waals surface area contributed by atoms with Gasteiger partial charge in [-0.3, -0.25) is 4.79 Å². The van der Waals surface area contributed by atoms with Crippen LogP contribution in [0.3, 0.4) is 0 Å². The molecule has 0 aliphatic heterocycles. The molecule has 1 aromatic rings. The number of hydrogen-bond acceptors (Lipinski definition) is 3. The number of carbonyl (C=O) groups is 1. The van der Waals surface area contributed by atoms with E-state index in [1.165, 1.54) is 5.56 Å². The molecule has 3 nitrogen and oxygen atoms in total. The first-order chi connectivity index (χ1) is 8.00. The predicted molar refractivity (Wildman–Crippen MR) is 73.2 cm³/mol. The molecule has 4 heteroatoms. The van der Waals surface area contributed by atoms with E-state index in [1.54, 1.807) is 11.3 Å². The van der Waals surface area contributed by atoms with E-state index in [-0.39, 0.29) is 11.9 Å². The zero-order valence-electron chi connectivity index (χ0n) is 11.1. The third-order valence-electron chi connectivity index (χ3n) is 2.64. The van der Waals surface area contributed by atoms with Crippen molar-refractivity contribution in [1.82, 2.24) is 10.2 Å². The second kappa shape index (κ2) is 6.77. The van der Waals surface area contributed by atoms with E-state index in [4.69, 9.17) is 0 Å². The Morgan fingerprint density at radius 1 is 1.47 bits per heavy atom. The lowest BCUT2D eigenvalue weighted by atomic mass is 10.1. The first-order valence-electron chi connectivity index (χ1n) is 5.96. The van der Waals surface area contributed by atoms with E-state index in [1.807, 2.05) is 14.1 Å². The van der Waals surface area contributed by atoms with Gasteiger partial charge >= 0.3 is 0 Å². The van der Waals surface area contributed by atoms with Crippen LogP contribution in [0.1, 0.15) is 31.9 Å². The highest BCUT2D eigenvalue weighted by Crippen LogP contribution is 2.19. The minimum absolute atomic E-state index is 0.141. The molecule has 0 bridgehead atoms. The third kappa shape index (κ3) is 4.88. The number of amides is 1. The minimum Gasteiger partial charge on any atom is -0.354 e. The highest BCUT2D eigenvalue weighted by atomic mass is 32.1. The highest BCUT2D eigenvalue weighted by molar-refractivity contribution is 7.07. The van der Waals surface area contributed by atoms with Crippen LogP contribution in [0.4, 0.5) is 0 Å². The number of thiophene rings is 1. The number of carbonyl (C=O) groups excluding carboxylic acids is 1. The lowest BCUT2D eigenvalue weighted by Gasteiger charge is -2.24. The number of likely N-dealkylation sites (N-methyl/N-ethyl adjacent to an activating group) is 1. The average molecular weight is 254 g/mol. The molecule has 1 amide bonds. The van der Waals surface area contributed by atoms with Crippen molar-refractivity contribution in [2.24, 2.45) is 5.92 Å². The van der Waals surface area contributed by atoms with Gasteiger partial charge in [0.25, 0.3) is 0 Å². The van der Waals surface area contributed by atoms with Gasteiger partial charge in [0.15, 0.2) is 0 Å². The Kier molecular flexibility index (Phi) is 5.65. The second-order valence-corrected chi connectivity index (χ2v) is 5.72. The Hall–Kier alpha value is -0.870. The first-order valence-corrected chi connectivity index (χ1v) is 6.90. The maximum Gasteiger partial charge on any atom is 0.220 e. The van der Waals surface area contributed by atoms with Crippen LogP contribution in [-0.4, -0.2) is 31.4 Å². The van der Waals surface area contributed by atoms with Crippen LogP contribution >= 0.6 is 11.3 Å². The van der Waals surface area contributed by atoms with Crippen molar-refractivity contribution in [3.05, 3.63) is 22.4 Å². The van der Waals surface area contributed by atoms with Crippen molar-refractivity contribution in [2.75, 3.05) is 20.6 Å². The topological polar surface area (TPSA) is 32.3 Å². The predicted octanol–water partition coefficient (Wildman–Crippen LogP) is 2.51. The summed E-state index contributed by atoms with van der Waals surface area (Å²) in [4.78, 5) is 13.8. The summed E-state index contributed by atoms with van der Waals surface area (Å²) in [6.45, 7) is 4.79. The Balaban J connectivity index is 2.49. The molecule has 0 spiro atoms. The molecule has 1 atom stereocenters. The fourth-order valence-corrected chi connectivity index (χ4v) is 2.42. The smallest absolute Gasteiger partial charge is 0.220 e. The molecule has 0 unspecified atom stereocenters. The maximum absolute atomic E-state index is 11.6. The maximum atomic E-state index is 11.6. The molecule has 0 radical (unpaired) electrons. The van der Waals surface area contributed by atoms with Gasteiger partial charge in [0.1, 0.15) is 0 Å². The molecule has 0 saturated carbocycles. The van der Waals surface area contributed by atoms with Gasteiger partial charge in [0.2, 0.25) is 5.91 Å². The molecule has 17 heavy (non-hydrogen) atoms. The SMILES string of the molecule is CC(C)CC(=O)NC[C@H](c1ccsc1)N(C)C. The summed E-state index contributed by atoms with van der Waals surface area (Å²) in [5.41, 5.74) is 1.27. The lowest BCUT2D eigenvalue weighted by molar-refractivity contribution is -0.122. The van der Waals surface area contributed by atoms with Crippen LogP contribution in [0.25, 0.3) is 0 Å². The van der Waals surface area contributed by atoms with Gasteiger partial charge < -0.3 is 10.2 Å². The number of hydrogen-bond donors (Lipinski definition) is 1. The molecule has 1 N–H and O–H groups in total. The van der Waals surface area contributed by atoms with Gasteiger partial charge in [0.05, 0.1) is 6.04 Å². The van der Waals surface area contributed by atoms with Crippen LogP contribution in [0, 0.1) is 5.92 Å². The normalized spacial score (nSPS) is 13.1. The standard InChI is InChI=1S/C13H22N2OS/c1-10(2)7-13(16)14-8-12(15(3)4)11-5-6-17-9-11/h5-6,9-10,12H,7-8H2,1-4H3,(H,14,16)/t12-/m1/s1. The van der Waals surface area contributed by atoms with Crippen LogP contribution in [0.2, 0.25) is 0 Å². The molecule has 1 rings (SSSR count). The monoisotopic (exact) mass is 254 g/mol. The zero-order valence-corrected chi connectivity index (χ0v) is 11.9. The fraction of sp³-hybridized carbons (Fsp3) is 0.615. The Morgan fingerprint density at radius 2 is 2.18 bits per heavy atom. The quantitative estimate of drug-likeness (QED) is 0.846. The number of nitrogens with one attached hydrogen (secondary N) is 1. The van der Waals surface area contributed by atoms with Gasteiger partial charge in [-0.1, -0.05) is 13.8 Å². The summed E-state index contributed by atoms with van der Waals surface area (Å²) in [5.74, 6) is 0.552. The number of rotatable bonds is 6. The fourth-order valence-electron chi connectivity index (χ4n) is 1.72.